The predicted molar refractivity (Wildman–Crippen MR) is 171 cm³/mol. The Labute approximate surface area is 233 Å². The number of benzene rings is 6. The Balaban J connectivity index is 1.66. The van der Waals surface area contributed by atoms with Crippen molar-refractivity contribution < 1.29 is 0 Å². The summed E-state index contributed by atoms with van der Waals surface area (Å²) in [5, 5.41) is 5.17. The molecular formula is C39H36. The molecule has 0 aromatic heterocycles. The fraction of sp³-hybridized carbons (Fsp3) is 0.179. The minimum Gasteiger partial charge on any atom is -0.0614 e. The highest BCUT2D eigenvalue weighted by atomic mass is 14.2. The van der Waals surface area contributed by atoms with E-state index in [4.69, 9.17) is 0 Å². The SMILES string of the molecule is Cc1cccc(-c2c3ccc(-c4c(C)cc(C)cc4C)cc3cc3cc(-c4c(C)cc(C)cc4C)ccc23)c1. The second-order valence-corrected chi connectivity index (χ2v) is 11.5. The van der Waals surface area contributed by atoms with E-state index in [1.54, 1.807) is 0 Å². The fourth-order valence-electron chi connectivity index (χ4n) is 6.83. The van der Waals surface area contributed by atoms with Gasteiger partial charge in [0.15, 0.2) is 0 Å². The molecule has 0 saturated carbocycles. The second kappa shape index (κ2) is 9.54. The molecule has 192 valence electrons. The first-order valence-corrected chi connectivity index (χ1v) is 13.9. The van der Waals surface area contributed by atoms with Crippen LogP contribution in [-0.2, 0) is 0 Å². The van der Waals surface area contributed by atoms with Gasteiger partial charge in [-0.2, -0.15) is 0 Å². The monoisotopic (exact) mass is 504 g/mol. The molecule has 0 bridgehead atoms. The standard InChI is InChI=1S/C39H36/c1-23-9-8-10-30(19-23)39-35-13-11-31(37-26(4)15-24(2)16-27(37)5)20-33(35)22-34-21-32(12-14-36(34)39)38-28(6)17-25(3)18-29(38)7/h8-22H,1-7H3. The zero-order chi connectivity index (χ0) is 27.4. The zero-order valence-corrected chi connectivity index (χ0v) is 24.2. The molecule has 6 aromatic carbocycles. The van der Waals surface area contributed by atoms with Gasteiger partial charge in [0, 0.05) is 0 Å². The number of hydrogen-bond acceptors (Lipinski definition) is 0. The third-order valence-electron chi connectivity index (χ3n) is 8.19. The van der Waals surface area contributed by atoms with Crippen molar-refractivity contribution >= 4 is 21.5 Å². The van der Waals surface area contributed by atoms with Gasteiger partial charge in [0.1, 0.15) is 0 Å². The van der Waals surface area contributed by atoms with Crippen LogP contribution >= 0.6 is 0 Å². The normalized spacial score (nSPS) is 11.5. The van der Waals surface area contributed by atoms with Crippen LogP contribution in [0.25, 0.3) is 54.9 Å². The number of hydrogen-bond donors (Lipinski definition) is 0. The first-order chi connectivity index (χ1) is 18.7. The highest BCUT2D eigenvalue weighted by molar-refractivity contribution is 6.14. The summed E-state index contributed by atoms with van der Waals surface area (Å²) >= 11 is 0. The first kappa shape index (κ1) is 25.1. The van der Waals surface area contributed by atoms with Crippen LogP contribution in [0, 0.1) is 48.5 Å². The Morgan fingerprint density at radius 1 is 0.333 bits per heavy atom. The van der Waals surface area contributed by atoms with Crippen molar-refractivity contribution in [2.45, 2.75) is 48.5 Å². The number of fused-ring (bicyclic) bond motifs is 2. The second-order valence-electron chi connectivity index (χ2n) is 11.5. The third-order valence-corrected chi connectivity index (χ3v) is 8.19. The molecule has 6 aromatic rings. The van der Waals surface area contributed by atoms with Crippen LogP contribution in [0.4, 0.5) is 0 Å². The van der Waals surface area contributed by atoms with Gasteiger partial charge < -0.3 is 0 Å². The Kier molecular flexibility index (Phi) is 6.15. The van der Waals surface area contributed by atoms with Gasteiger partial charge in [0.05, 0.1) is 0 Å². The lowest BCUT2D eigenvalue weighted by Crippen LogP contribution is -1.93. The van der Waals surface area contributed by atoms with Gasteiger partial charge in [-0.1, -0.05) is 89.5 Å². The molecule has 6 rings (SSSR count). The van der Waals surface area contributed by atoms with Crippen molar-refractivity contribution in [1.29, 1.82) is 0 Å². The molecule has 0 aliphatic rings. The van der Waals surface area contributed by atoms with Gasteiger partial charge in [0.25, 0.3) is 0 Å². The van der Waals surface area contributed by atoms with Gasteiger partial charge >= 0.3 is 0 Å². The molecule has 0 aliphatic heterocycles. The minimum atomic E-state index is 1.27. The molecule has 0 nitrogen and oxygen atoms in total. The maximum atomic E-state index is 2.40. The van der Waals surface area contributed by atoms with E-state index in [2.05, 4.69) is 139 Å². The van der Waals surface area contributed by atoms with Gasteiger partial charge in [-0.15, -0.1) is 0 Å². The quantitative estimate of drug-likeness (QED) is 0.210. The number of rotatable bonds is 3. The molecule has 0 radical (unpaired) electrons. The Hall–Kier alpha value is -4.16. The molecule has 0 spiro atoms. The summed E-state index contributed by atoms with van der Waals surface area (Å²) < 4.78 is 0. The Morgan fingerprint density at radius 3 is 1.21 bits per heavy atom. The highest BCUT2D eigenvalue weighted by Gasteiger charge is 2.15. The van der Waals surface area contributed by atoms with E-state index in [1.807, 2.05) is 0 Å². The molecule has 0 N–H and O–H groups in total. The highest BCUT2D eigenvalue weighted by Crippen LogP contribution is 2.41. The van der Waals surface area contributed by atoms with E-state index >= 15 is 0 Å². The van der Waals surface area contributed by atoms with Crippen molar-refractivity contribution in [2.24, 2.45) is 0 Å². The Bertz CT molecular complexity index is 1750. The fourth-order valence-corrected chi connectivity index (χ4v) is 6.83. The summed E-state index contributed by atoms with van der Waals surface area (Å²) in [6.07, 6.45) is 0. The summed E-state index contributed by atoms with van der Waals surface area (Å²) in [7, 11) is 0. The van der Waals surface area contributed by atoms with Crippen molar-refractivity contribution in [2.75, 3.05) is 0 Å². The molecular weight excluding hydrogens is 468 g/mol. The van der Waals surface area contributed by atoms with E-state index in [-0.39, 0.29) is 0 Å². The van der Waals surface area contributed by atoms with E-state index in [9.17, 15) is 0 Å². The van der Waals surface area contributed by atoms with E-state index < -0.39 is 0 Å². The molecule has 0 saturated heterocycles. The van der Waals surface area contributed by atoms with Crippen LogP contribution < -0.4 is 0 Å². The van der Waals surface area contributed by atoms with Gasteiger partial charge in [-0.25, -0.2) is 0 Å². The van der Waals surface area contributed by atoms with Crippen LogP contribution in [0.2, 0.25) is 0 Å². The molecule has 0 unspecified atom stereocenters. The zero-order valence-electron chi connectivity index (χ0n) is 24.2. The smallest absolute Gasteiger partial charge is 0.00267 e. The molecule has 0 fully saturated rings. The van der Waals surface area contributed by atoms with Gasteiger partial charge in [-0.3, -0.25) is 0 Å². The minimum absolute atomic E-state index is 1.27. The topological polar surface area (TPSA) is 0 Å². The van der Waals surface area contributed by atoms with Crippen molar-refractivity contribution in [3.05, 3.63) is 130 Å². The summed E-state index contributed by atoms with van der Waals surface area (Å²) in [6, 6.07) is 34.6. The number of aryl methyl sites for hydroxylation is 7. The predicted octanol–water partition coefficient (Wildman–Crippen LogP) is 11.2. The van der Waals surface area contributed by atoms with Crippen LogP contribution in [0.15, 0.2) is 91.0 Å². The lowest BCUT2D eigenvalue weighted by atomic mass is 9.86. The van der Waals surface area contributed by atoms with Crippen LogP contribution in [0.1, 0.15) is 38.9 Å². The summed E-state index contributed by atoms with van der Waals surface area (Å²) in [4.78, 5) is 0. The Morgan fingerprint density at radius 2 is 0.769 bits per heavy atom. The summed E-state index contributed by atoms with van der Waals surface area (Å²) in [6.45, 7) is 15.5. The van der Waals surface area contributed by atoms with Crippen LogP contribution in [0.5, 0.6) is 0 Å². The average Bonchev–Trinajstić information content (AvgIpc) is 2.86. The molecule has 0 aliphatic carbocycles. The van der Waals surface area contributed by atoms with Crippen molar-refractivity contribution in [3.8, 4) is 33.4 Å². The summed E-state index contributed by atoms with van der Waals surface area (Å²) in [5.41, 5.74) is 17.1. The van der Waals surface area contributed by atoms with E-state index in [0.29, 0.717) is 0 Å². The van der Waals surface area contributed by atoms with Crippen molar-refractivity contribution in [3.63, 3.8) is 0 Å². The largest absolute Gasteiger partial charge is 0.0614 e. The maximum Gasteiger partial charge on any atom is -0.00267 e. The molecule has 0 heterocycles. The van der Waals surface area contributed by atoms with Gasteiger partial charge in [-0.05, 0) is 144 Å². The van der Waals surface area contributed by atoms with Crippen molar-refractivity contribution in [1.82, 2.24) is 0 Å². The average molecular weight is 505 g/mol. The maximum absolute atomic E-state index is 2.40. The molecule has 0 atom stereocenters. The van der Waals surface area contributed by atoms with E-state index in [0.717, 1.165) is 0 Å². The lowest BCUT2D eigenvalue weighted by Gasteiger charge is -2.17. The summed E-state index contributed by atoms with van der Waals surface area (Å²) in [5.74, 6) is 0. The van der Waals surface area contributed by atoms with Crippen LogP contribution in [-0.4, -0.2) is 0 Å². The lowest BCUT2D eigenvalue weighted by molar-refractivity contribution is 1.32. The molecule has 39 heavy (non-hydrogen) atoms. The first-order valence-electron chi connectivity index (χ1n) is 13.9. The molecule has 0 amide bonds. The third kappa shape index (κ3) is 4.45. The molecule has 0 heteroatoms. The van der Waals surface area contributed by atoms with E-state index in [1.165, 1.54) is 93.9 Å². The van der Waals surface area contributed by atoms with Crippen LogP contribution in [0.3, 0.4) is 0 Å². The van der Waals surface area contributed by atoms with Gasteiger partial charge in [0.2, 0.25) is 0 Å².